The first kappa shape index (κ1) is 50.8. The van der Waals surface area contributed by atoms with Crippen LogP contribution in [0, 0.1) is 0 Å². The van der Waals surface area contributed by atoms with Crippen molar-refractivity contribution in [3.63, 3.8) is 0 Å². The molecule has 0 aromatic carbocycles. The Morgan fingerprint density at radius 1 is 0.722 bits per heavy atom. The normalized spacial score (nSPS) is 22.4. The molecule has 7 N–H and O–H groups in total. The Kier molecular flexibility index (Phi) is 30.0. The number of hydrogen-bond acceptors (Lipinski definition) is 11. The minimum atomic E-state index is -5.10. The summed E-state index contributed by atoms with van der Waals surface area (Å²) >= 11 is 0. The molecule has 1 rings (SSSR count). The van der Waals surface area contributed by atoms with Gasteiger partial charge in [-0.1, -0.05) is 148 Å². The standard InChI is InChI=1S/C40H77NO12S/c1-3-5-7-9-11-13-14-15-16-17-18-19-20-21-23-25-27-29-34(44)39(47)41-32(33(43)28-26-24-22-12-10-8-6-4-2)31-51-40-37(46)38(53-54(48,49)50)36(45)35(30-42)52-40/h18-19,32-38,40,42-46H,3-17,20-31H2,1-2H3,(H,41,47)(H,48,49,50)/b19-18-. The number of unbranched alkanes of at least 4 members (excludes halogenated alkanes) is 20. The highest BCUT2D eigenvalue weighted by molar-refractivity contribution is 7.80. The predicted octanol–water partition coefficient (Wildman–Crippen LogP) is 6.19. The lowest BCUT2D eigenvalue weighted by Crippen LogP contribution is -2.61. The van der Waals surface area contributed by atoms with Crippen molar-refractivity contribution in [2.24, 2.45) is 0 Å². The zero-order valence-electron chi connectivity index (χ0n) is 33.4. The van der Waals surface area contributed by atoms with Gasteiger partial charge in [-0.2, -0.15) is 8.42 Å². The van der Waals surface area contributed by atoms with Crippen LogP contribution in [0.3, 0.4) is 0 Å². The lowest BCUT2D eigenvalue weighted by atomic mass is 9.99. The van der Waals surface area contributed by atoms with Gasteiger partial charge in [0.25, 0.3) is 0 Å². The summed E-state index contributed by atoms with van der Waals surface area (Å²) in [6, 6.07) is -1.03. The maximum absolute atomic E-state index is 13.0. The van der Waals surface area contributed by atoms with Gasteiger partial charge in [0.15, 0.2) is 6.29 Å². The van der Waals surface area contributed by atoms with Crippen LogP contribution in [-0.2, 0) is 28.9 Å². The Morgan fingerprint density at radius 3 is 1.67 bits per heavy atom. The highest BCUT2D eigenvalue weighted by Gasteiger charge is 2.48. The van der Waals surface area contributed by atoms with E-state index < -0.39 is 78.5 Å². The number of ether oxygens (including phenoxy) is 2. The van der Waals surface area contributed by atoms with Crippen LogP contribution in [0.1, 0.15) is 174 Å². The van der Waals surface area contributed by atoms with Crippen molar-refractivity contribution >= 4 is 16.3 Å². The van der Waals surface area contributed by atoms with Gasteiger partial charge < -0.3 is 40.3 Å². The third kappa shape index (κ3) is 24.4. The van der Waals surface area contributed by atoms with Gasteiger partial charge in [-0.25, -0.2) is 4.18 Å². The van der Waals surface area contributed by atoms with Crippen molar-refractivity contribution in [2.45, 2.75) is 223 Å². The van der Waals surface area contributed by atoms with Crippen molar-refractivity contribution in [1.29, 1.82) is 0 Å². The Morgan fingerprint density at radius 2 is 1.19 bits per heavy atom. The Labute approximate surface area is 326 Å². The van der Waals surface area contributed by atoms with Gasteiger partial charge in [0.1, 0.15) is 30.5 Å². The molecule has 1 amide bonds. The Balaban J connectivity index is 2.55. The van der Waals surface area contributed by atoms with Crippen LogP contribution in [0.2, 0.25) is 0 Å². The zero-order chi connectivity index (χ0) is 40.0. The molecule has 0 saturated carbocycles. The van der Waals surface area contributed by atoms with Gasteiger partial charge in [0.2, 0.25) is 5.91 Å². The van der Waals surface area contributed by atoms with E-state index in [2.05, 4.69) is 35.5 Å². The van der Waals surface area contributed by atoms with Crippen LogP contribution < -0.4 is 5.32 Å². The molecule has 8 atom stereocenters. The number of amides is 1. The summed E-state index contributed by atoms with van der Waals surface area (Å²) in [4.78, 5) is 13.0. The summed E-state index contributed by atoms with van der Waals surface area (Å²) in [7, 11) is -5.10. The third-order valence-corrected chi connectivity index (χ3v) is 10.6. The minimum absolute atomic E-state index is 0.247. The smallest absolute Gasteiger partial charge is 0.394 e. The van der Waals surface area contributed by atoms with Gasteiger partial charge in [-0.15, -0.1) is 0 Å². The molecule has 14 heteroatoms. The van der Waals surface area contributed by atoms with E-state index in [9.17, 15) is 38.7 Å². The number of rotatable bonds is 35. The van der Waals surface area contributed by atoms with Crippen LogP contribution in [0.25, 0.3) is 0 Å². The number of hydrogen-bond donors (Lipinski definition) is 7. The van der Waals surface area contributed by atoms with E-state index in [1.54, 1.807) is 0 Å². The van der Waals surface area contributed by atoms with Gasteiger partial charge >= 0.3 is 10.4 Å². The topological polar surface area (TPSA) is 212 Å². The molecule has 0 aromatic heterocycles. The van der Waals surface area contributed by atoms with E-state index in [4.69, 9.17) is 14.0 Å². The number of carbonyl (C=O) groups is 1. The molecule has 320 valence electrons. The van der Waals surface area contributed by atoms with Gasteiger partial charge in [-0.3, -0.25) is 9.35 Å². The van der Waals surface area contributed by atoms with Crippen molar-refractivity contribution < 1.29 is 57.0 Å². The number of aliphatic hydroxyl groups is 5. The van der Waals surface area contributed by atoms with Gasteiger partial charge in [0, 0.05) is 0 Å². The number of nitrogens with one attached hydrogen (secondary N) is 1. The molecule has 8 unspecified atom stereocenters. The molecule has 1 heterocycles. The highest BCUT2D eigenvalue weighted by atomic mass is 32.3. The van der Waals surface area contributed by atoms with Gasteiger partial charge in [-0.05, 0) is 38.5 Å². The highest BCUT2D eigenvalue weighted by Crippen LogP contribution is 2.26. The number of allylic oxidation sites excluding steroid dienone is 2. The Hall–Kier alpha value is -1.20. The van der Waals surface area contributed by atoms with Crippen molar-refractivity contribution in [3.05, 3.63) is 12.2 Å². The van der Waals surface area contributed by atoms with E-state index >= 15 is 0 Å². The molecule has 0 bridgehead atoms. The van der Waals surface area contributed by atoms with E-state index in [0.29, 0.717) is 19.3 Å². The summed E-state index contributed by atoms with van der Waals surface area (Å²) in [6.45, 7) is 3.21. The van der Waals surface area contributed by atoms with Crippen molar-refractivity contribution in [2.75, 3.05) is 13.2 Å². The lowest BCUT2D eigenvalue weighted by molar-refractivity contribution is -0.298. The predicted molar refractivity (Wildman–Crippen MR) is 210 cm³/mol. The average molecular weight is 796 g/mol. The summed E-state index contributed by atoms with van der Waals surface area (Å²) in [5.74, 6) is -0.681. The zero-order valence-corrected chi connectivity index (χ0v) is 34.2. The maximum atomic E-state index is 13.0. The lowest BCUT2D eigenvalue weighted by Gasteiger charge is -2.41. The molecule has 54 heavy (non-hydrogen) atoms. The second-order valence-corrected chi connectivity index (χ2v) is 16.1. The molecule has 1 fully saturated rings. The molecule has 0 aliphatic carbocycles. The number of aliphatic hydroxyl groups excluding tert-OH is 5. The minimum Gasteiger partial charge on any atom is -0.394 e. The Bertz CT molecular complexity index is 1050. The first-order chi connectivity index (χ1) is 25.9. The number of carbonyl (C=O) groups excluding carboxylic acids is 1. The largest absolute Gasteiger partial charge is 0.397 e. The second kappa shape index (κ2) is 31.8. The van der Waals surface area contributed by atoms with E-state index in [1.807, 2.05) is 0 Å². The van der Waals surface area contributed by atoms with E-state index in [-0.39, 0.29) is 6.42 Å². The monoisotopic (exact) mass is 796 g/mol. The molecule has 0 spiro atoms. The fourth-order valence-electron chi connectivity index (χ4n) is 6.75. The molecule has 1 aliphatic heterocycles. The molecule has 0 aromatic rings. The summed E-state index contributed by atoms with van der Waals surface area (Å²) in [5, 5.41) is 55.0. The van der Waals surface area contributed by atoms with E-state index in [1.165, 1.54) is 77.0 Å². The first-order valence-electron chi connectivity index (χ1n) is 21.2. The summed E-state index contributed by atoms with van der Waals surface area (Å²) in [6.07, 6.45) is 20.0. The van der Waals surface area contributed by atoms with Crippen molar-refractivity contribution in [3.8, 4) is 0 Å². The third-order valence-electron chi connectivity index (χ3n) is 10.2. The summed E-state index contributed by atoms with van der Waals surface area (Å²) in [5.41, 5.74) is 0. The molecule has 1 saturated heterocycles. The van der Waals surface area contributed by atoms with Crippen LogP contribution in [0.4, 0.5) is 0 Å². The van der Waals surface area contributed by atoms with Crippen molar-refractivity contribution in [1.82, 2.24) is 5.32 Å². The SMILES string of the molecule is CCCCCCCCCCC/C=C\CCCCCCC(O)C(=O)NC(COC1OC(CO)C(O)C(OS(=O)(=O)O)C1O)C(O)CCCCCCCCCC. The fourth-order valence-corrected chi connectivity index (χ4v) is 7.26. The maximum Gasteiger partial charge on any atom is 0.397 e. The van der Waals surface area contributed by atoms with Crippen LogP contribution in [0.5, 0.6) is 0 Å². The summed E-state index contributed by atoms with van der Waals surface area (Å²) < 4.78 is 47.3. The quantitative estimate of drug-likeness (QED) is 0.0218. The molecular formula is C40H77NO12S. The van der Waals surface area contributed by atoms with Crippen LogP contribution in [-0.4, -0.2) is 107 Å². The van der Waals surface area contributed by atoms with Crippen LogP contribution >= 0.6 is 0 Å². The molecule has 1 aliphatic rings. The fraction of sp³-hybridized carbons (Fsp3) is 0.925. The average Bonchev–Trinajstić information content (AvgIpc) is 3.14. The second-order valence-electron chi connectivity index (χ2n) is 15.1. The molecule has 13 nitrogen and oxygen atoms in total. The van der Waals surface area contributed by atoms with Crippen LogP contribution in [0.15, 0.2) is 12.2 Å². The van der Waals surface area contributed by atoms with Gasteiger partial charge in [0.05, 0.1) is 25.4 Å². The van der Waals surface area contributed by atoms with E-state index in [0.717, 1.165) is 57.8 Å². The first-order valence-corrected chi connectivity index (χ1v) is 22.5. The molecular weight excluding hydrogens is 719 g/mol. The molecule has 0 radical (unpaired) electrons.